The van der Waals surface area contributed by atoms with Crippen LogP contribution in [0.5, 0.6) is 0 Å². The van der Waals surface area contributed by atoms with E-state index in [0.717, 1.165) is 0 Å². The molecule has 3 N–H and O–H groups in total. The number of nitrogens with two attached hydrogens (primary N) is 1. The van der Waals surface area contributed by atoms with Crippen LogP contribution in [0, 0.1) is 0 Å². The highest BCUT2D eigenvalue weighted by molar-refractivity contribution is 6.29. The van der Waals surface area contributed by atoms with Gasteiger partial charge in [-0.1, -0.05) is 11.6 Å². The van der Waals surface area contributed by atoms with Crippen LogP contribution >= 0.6 is 11.6 Å². The SMILES string of the molecule is Nc1cnc(Cl)cc1C(=O)N1CCNC(=O)CC1. The second-order valence-corrected chi connectivity index (χ2v) is 4.37. The molecule has 1 aliphatic heterocycles. The Labute approximate surface area is 109 Å². The zero-order valence-electron chi connectivity index (χ0n) is 9.65. The molecule has 96 valence electrons. The van der Waals surface area contributed by atoms with E-state index in [1.165, 1.54) is 12.3 Å². The number of anilines is 1. The monoisotopic (exact) mass is 268 g/mol. The molecule has 2 amide bonds. The summed E-state index contributed by atoms with van der Waals surface area (Å²) < 4.78 is 0. The first-order valence-electron chi connectivity index (χ1n) is 5.55. The number of aromatic nitrogens is 1. The Kier molecular flexibility index (Phi) is 3.66. The fraction of sp³-hybridized carbons (Fsp3) is 0.364. The topological polar surface area (TPSA) is 88.3 Å². The number of hydrogen-bond acceptors (Lipinski definition) is 4. The average molecular weight is 269 g/mol. The lowest BCUT2D eigenvalue weighted by Gasteiger charge is -2.20. The minimum atomic E-state index is -0.228. The molecule has 1 aromatic heterocycles. The first kappa shape index (κ1) is 12.6. The zero-order valence-corrected chi connectivity index (χ0v) is 10.4. The van der Waals surface area contributed by atoms with Crippen molar-refractivity contribution in [1.29, 1.82) is 0 Å². The standard InChI is InChI=1S/C11H13ClN4O2/c12-9-5-7(8(13)6-15-9)11(18)16-3-1-10(17)14-2-4-16/h5-6H,1-4,13H2,(H,14,17). The minimum Gasteiger partial charge on any atom is -0.397 e. The maximum absolute atomic E-state index is 12.3. The van der Waals surface area contributed by atoms with Gasteiger partial charge in [-0.3, -0.25) is 9.59 Å². The Morgan fingerprint density at radius 1 is 1.50 bits per heavy atom. The lowest BCUT2D eigenvalue weighted by atomic mass is 10.2. The largest absolute Gasteiger partial charge is 0.397 e. The third kappa shape index (κ3) is 2.70. The predicted octanol–water partition coefficient (Wildman–Crippen LogP) is 0.279. The van der Waals surface area contributed by atoms with E-state index in [-0.39, 0.29) is 22.7 Å². The van der Waals surface area contributed by atoms with Crippen LogP contribution in [-0.2, 0) is 4.79 Å². The number of amides is 2. The van der Waals surface area contributed by atoms with Crippen molar-refractivity contribution in [3.8, 4) is 0 Å². The second-order valence-electron chi connectivity index (χ2n) is 3.99. The maximum atomic E-state index is 12.3. The van der Waals surface area contributed by atoms with Gasteiger partial charge in [-0.2, -0.15) is 0 Å². The number of nitrogens with zero attached hydrogens (tertiary/aromatic N) is 2. The fourth-order valence-corrected chi connectivity index (χ4v) is 1.92. The summed E-state index contributed by atoms with van der Waals surface area (Å²) in [6.07, 6.45) is 1.65. The number of pyridine rings is 1. The summed E-state index contributed by atoms with van der Waals surface area (Å²) in [5.41, 5.74) is 6.32. The lowest BCUT2D eigenvalue weighted by molar-refractivity contribution is -0.120. The zero-order chi connectivity index (χ0) is 13.1. The first-order chi connectivity index (χ1) is 8.58. The van der Waals surface area contributed by atoms with Crippen molar-refractivity contribution in [3.05, 3.63) is 23.0 Å². The van der Waals surface area contributed by atoms with Gasteiger partial charge in [0.25, 0.3) is 5.91 Å². The molecule has 0 atom stereocenters. The second kappa shape index (κ2) is 5.22. The van der Waals surface area contributed by atoms with Gasteiger partial charge in [0.05, 0.1) is 17.4 Å². The van der Waals surface area contributed by atoms with Crippen molar-refractivity contribution in [2.24, 2.45) is 0 Å². The van der Waals surface area contributed by atoms with E-state index >= 15 is 0 Å². The van der Waals surface area contributed by atoms with E-state index in [0.29, 0.717) is 31.6 Å². The van der Waals surface area contributed by atoms with Crippen LogP contribution in [0.4, 0.5) is 5.69 Å². The molecule has 0 bridgehead atoms. The molecule has 2 rings (SSSR count). The number of halogens is 1. The Balaban J connectivity index is 2.19. The van der Waals surface area contributed by atoms with E-state index in [4.69, 9.17) is 17.3 Å². The molecule has 2 heterocycles. The summed E-state index contributed by atoms with van der Waals surface area (Å²) in [7, 11) is 0. The molecule has 1 saturated heterocycles. The summed E-state index contributed by atoms with van der Waals surface area (Å²) in [4.78, 5) is 28.8. The van der Waals surface area contributed by atoms with Gasteiger partial charge in [0.15, 0.2) is 0 Å². The lowest BCUT2D eigenvalue weighted by Crippen LogP contribution is -2.34. The van der Waals surface area contributed by atoms with Gasteiger partial charge in [-0.25, -0.2) is 4.98 Å². The predicted molar refractivity (Wildman–Crippen MR) is 67.2 cm³/mol. The minimum absolute atomic E-state index is 0.0500. The van der Waals surface area contributed by atoms with Crippen LogP contribution in [0.3, 0.4) is 0 Å². The molecule has 0 aliphatic carbocycles. The van der Waals surface area contributed by atoms with Crippen LogP contribution in [0.2, 0.25) is 5.15 Å². The van der Waals surface area contributed by atoms with E-state index in [2.05, 4.69) is 10.3 Å². The quantitative estimate of drug-likeness (QED) is 0.716. The summed E-state index contributed by atoms with van der Waals surface area (Å²) in [6.45, 7) is 1.29. The molecule has 0 unspecified atom stereocenters. The maximum Gasteiger partial charge on any atom is 0.256 e. The van der Waals surface area contributed by atoms with Gasteiger partial charge in [0, 0.05) is 26.1 Å². The summed E-state index contributed by atoms with van der Waals surface area (Å²) in [6, 6.07) is 1.44. The summed E-state index contributed by atoms with van der Waals surface area (Å²) in [5, 5.41) is 2.92. The van der Waals surface area contributed by atoms with Crippen molar-refractivity contribution in [1.82, 2.24) is 15.2 Å². The van der Waals surface area contributed by atoms with Gasteiger partial charge in [0.2, 0.25) is 5.91 Å². The number of carbonyl (C=O) groups excluding carboxylic acids is 2. The molecule has 1 aliphatic rings. The summed E-state index contributed by atoms with van der Waals surface area (Å²) >= 11 is 5.75. The van der Waals surface area contributed by atoms with Gasteiger partial charge in [-0.15, -0.1) is 0 Å². The molecular weight excluding hydrogens is 256 g/mol. The van der Waals surface area contributed by atoms with Crippen molar-refractivity contribution in [3.63, 3.8) is 0 Å². The van der Waals surface area contributed by atoms with Crippen LogP contribution in [0.25, 0.3) is 0 Å². The van der Waals surface area contributed by atoms with E-state index in [1.807, 2.05) is 0 Å². The Bertz CT molecular complexity index is 492. The summed E-state index contributed by atoms with van der Waals surface area (Å²) in [5.74, 6) is -0.278. The smallest absolute Gasteiger partial charge is 0.256 e. The number of nitrogen functional groups attached to an aromatic ring is 1. The normalized spacial score (nSPS) is 16.1. The highest BCUT2D eigenvalue weighted by atomic mass is 35.5. The molecule has 0 radical (unpaired) electrons. The highest BCUT2D eigenvalue weighted by Crippen LogP contribution is 2.17. The molecular formula is C11H13ClN4O2. The van der Waals surface area contributed by atoms with E-state index in [1.54, 1.807) is 4.90 Å². The third-order valence-electron chi connectivity index (χ3n) is 2.73. The Hall–Kier alpha value is -1.82. The van der Waals surface area contributed by atoms with Gasteiger partial charge in [0.1, 0.15) is 5.15 Å². The first-order valence-corrected chi connectivity index (χ1v) is 5.92. The van der Waals surface area contributed by atoms with Gasteiger partial charge in [-0.05, 0) is 6.07 Å². The van der Waals surface area contributed by atoms with Gasteiger partial charge >= 0.3 is 0 Å². The number of rotatable bonds is 1. The van der Waals surface area contributed by atoms with Crippen molar-refractivity contribution < 1.29 is 9.59 Å². The van der Waals surface area contributed by atoms with Crippen LogP contribution < -0.4 is 11.1 Å². The number of hydrogen-bond donors (Lipinski definition) is 2. The molecule has 1 aromatic rings. The fourth-order valence-electron chi connectivity index (χ4n) is 1.77. The molecule has 6 nitrogen and oxygen atoms in total. The molecule has 0 saturated carbocycles. The Morgan fingerprint density at radius 2 is 2.28 bits per heavy atom. The third-order valence-corrected chi connectivity index (χ3v) is 2.94. The van der Waals surface area contributed by atoms with Crippen LogP contribution in [0.15, 0.2) is 12.3 Å². The van der Waals surface area contributed by atoms with Crippen LogP contribution in [-0.4, -0.2) is 41.3 Å². The average Bonchev–Trinajstić information content (AvgIpc) is 2.56. The number of nitrogens with one attached hydrogen (secondary N) is 1. The van der Waals surface area contributed by atoms with Crippen molar-refractivity contribution in [2.45, 2.75) is 6.42 Å². The van der Waals surface area contributed by atoms with E-state index < -0.39 is 0 Å². The highest BCUT2D eigenvalue weighted by Gasteiger charge is 2.21. The van der Waals surface area contributed by atoms with Crippen molar-refractivity contribution >= 4 is 29.1 Å². The molecule has 7 heteroatoms. The molecule has 18 heavy (non-hydrogen) atoms. The van der Waals surface area contributed by atoms with Crippen molar-refractivity contribution in [2.75, 3.05) is 25.4 Å². The molecule has 1 fully saturated rings. The van der Waals surface area contributed by atoms with E-state index in [9.17, 15) is 9.59 Å². The molecule has 0 aromatic carbocycles. The van der Waals surface area contributed by atoms with Crippen LogP contribution in [0.1, 0.15) is 16.8 Å². The molecule has 0 spiro atoms. The number of carbonyl (C=O) groups is 2. The Morgan fingerprint density at radius 3 is 3.06 bits per heavy atom. The van der Waals surface area contributed by atoms with Gasteiger partial charge < -0.3 is 16.0 Å².